The van der Waals surface area contributed by atoms with Gasteiger partial charge < -0.3 is 15.9 Å². The van der Waals surface area contributed by atoms with Gasteiger partial charge in [-0.05, 0) is 52.9 Å². The number of phenols is 1. The quantitative estimate of drug-likeness (QED) is 0.791. The molecular formula is C11H14BrNO3. The van der Waals surface area contributed by atoms with Crippen molar-refractivity contribution in [2.45, 2.75) is 26.3 Å². The third-order valence-electron chi connectivity index (χ3n) is 2.54. The van der Waals surface area contributed by atoms with Gasteiger partial charge in [0, 0.05) is 0 Å². The summed E-state index contributed by atoms with van der Waals surface area (Å²) in [5.74, 6) is -0.896. The summed E-state index contributed by atoms with van der Waals surface area (Å²) >= 11 is 3.26. The fourth-order valence-electron chi connectivity index (χ4n) is 1.47. The van der Waals surface area contributed by atoms with E-state index in [4.69, 9.17) is 10.8 Å². The SMILES string of the molecule is Cc1cc(CC(N)C(=O)O)c(C)c(O)c1Br. The number of nitrogens with two attached hydrogens (primary N) is 1. The van der Waals surface area contributed by atoms with Gasteiger partial charge in [0.15, 0.2) is 0 Å². The largest absolute Gasteiger partial charge is 0.506 e. The molecule has 5 heteroatoms. The van der Waals surface area contributed by atoms with Crippen LogP contribution in [0.3, 0.4) is 0 Å². The summed E-state index contributed by atoms with van der Waals surface area (Å²) in [7, 11) is 0. The maximum absolute atomic E-state index is 10.7. The third kappa shape index (κ3) is 2.54. The van der Waals surface area contributed by atoms with Crippen LogP contribution in [0.5, 0.6) is 5.75 Å². The first-order valence-electron chi connectivity index (χ1n) is 4.80. The van der Waals surface area contributed by atoms with E-state index >= 15 is 0 Å². The van der Waals surface area contributed by atoms with E-state index < -0.39 is 12.0 Å². The van der Waals surface area contributed by atoms with Crippen molar-refractivity contribution >= 4 is 21.9 Å². The highest BCUT2D eigenvalue weighted by Crippen LogP contribution is 2.33. The number of hydrogen-bond donors (Lipinski definition) is 3. The van der Waals surface area contributed by atoms with Gasteiger partial charge in [-0.2, -0.15) is 0 Å². The fourth-order valence-corrected chi connectivity index (χ4v) is 1.88. The molecule has 0 bridgehead atoms. The lowest BCUT2D eigenvalue weighted by Gasteiger charge is -2.13. The standard InChI is InChI=1S/C11H14BrNO3/c1-5-3-7(4-8(13)11(15)16)6(2)10(14)9(5)12/h3,8,14H,4,13H2,1-2H3,(H,15,16). The molecule has 0 spiro atoms. The van der Waals surface area contributed by atoms with Crippen LogP contribution in [0.25, 0.3) is 0 Å². The van der Waals surface area contributed by atoms with Gasteiger partial charge in [0.25, 0.3) is 0 Å². The second-order valence-corrected chi connectivity index (χ2v) is 4.58. The van der Waals surface area contributed by atoms with Crippen molar-refractivity contribution in [1.29, 1.82) is 0 Å². The zero-order chi connectivity index (χ0) is 12.5. The molecule has 1 rings (SSSR count). The Labute approximate surface area is 102 Å². The lowest BCUT2D eigenvalue weighted by atomic mass is 9.98. The molecule has 0 aromatic heterocycles. The number of benzene rings is 1. The van der Waals surface area contributed by atoms with Gasteiger partial charge in [0.1, 0.15) is 11.8 Å². The number of phenolic OH excluding ortho intramolecular Hbond substituents is 1. The molecule has 0 amide bonds. The minimum absolute atomic E-state index is 0.146. The molecule has 0 saturated heterocycles. The molecular weight excluding hydrogens is 274 g/mol. The molecule has 0 saturated carbocycles. The van der Waals surface area contributed by atoms with Crippen LogP contribution in [0.1, 0.15) is 16.7 Å². The highest BCUT2D eigenvalue weighted by Gasteiger charge is 2.16. The zero-order valence-electron chi connectivity index (χ0n) is 9.12. The van der Waals surface area contributed by atoms with Gasteiger partial charge in [0.2, 0.25) is 0 Å². The molecule has 0 aliphatic carbocycles. The van der Waals surface area contributed by atoms with Crippen molar-refractivity contribution in [3.05, 3.63) is 27.2 Å². The van der Waals surface area contributed by atoms with E-state index in [1.165, 1.54) is 0 Å². The molecule has 1 aromatic rings. The van der Waals surface area contributed by atoms with E-state index in [1.807, 2.05) is 13.0 Å². The maximum Gasteiger partial charge on any atom is 0.320 e. The number of rotatable bonds is 3. The lowest BCUT2D eigenvalue weighted by Crippen LogP contribution is -2.32. The Morgan fingerprint density at radius 2 is 2.12 bits per heavy atom. The Morgan fingerprint density at radius 3 is 2.62 bits per heavy atom. The Balaban J connectivity index is 3.11. The second kappa shape index (κ2) is 4.84. The van der Waals surface area contributed by atoms with Crippen LogP contribution in [0.2, 0.25) is 0 Å². The summed E-state index contributed by atoms with van der Waals surface area (Å²) in [5, 5.41) is 18.5. The van der Waals surface area contributed by atoms with Crippen LogP contribution in [0.15, 0.2) is 10.5 Å². The summed E-state index contributed by atoms with van der Waals surface area (Å²) in [6.45, 7) is 3.57. The van der Waals surface area contributed by atoms with Gasteiger partial charge in [-0.25, -0.2) is 0 Å². The minimum Gasteiger partial charge on any atom is -0.506 e. The average molecular weight is 288 g/mol. The van der Waals surface area contributed by atoms with Crippen LogP contribution in [-0.2, 0) is 11.2 Å². The fraction of sp³-hybridized carbons (Fsp3) is 0.364. The highest BCUT2D eigenvalue weighted by atomic mass is 79.9. The van der Waals surface area contributed by atoms with Crippen molar-refractivity contribution in [2.24, 2.45) is 5.73 Å². The van der Waals surface area contributed by atoms with E-state index in [-0.39, 0.29) is 12.2 Å². The molecule has 0 radical (unpaired) electrons. The molecule has 0 aliphatic heterocycles. The molecule has 1 atom stereocenters. The second-order valence-electron chi connectivity index (χ2n) is 3.79. The predicted molar refractivity (Wildman–Crippen MR) is 64.6 cm³/mol. The summed E-state index contributed by atoms with van der Waals surface area (Å²) in [4.78, 5) is 10.7. The Hall–Kier alpha value is -1.07. The first kappa shape index (κ1) is 13.0. The number of carbonyl (C=O) groups is 1. The van der Waals surface area contributed by atoms with Crippen LogP contribution in [-0.4, -0.2) is 22.2 Å². The summed E-state index contributed by atoms with van der Waals surface area (Å²) in [6.07, 6.45) is 0.211. The molecule has 1 aromatic carbocycles. The number of hydrogen-bond acceptors (Lipinski definition) is 3. The molecule has 16 heavy (non-hydrogen) atoms. The van der Waals surface area contributed by atoms with Gasteiger partial charge in [-0.15, -0.1) is 0 Å². The Kier molecular flexibility index (Phi) is 3.93. The van der Waals surface area contributed by atoms with Crippen molar-refractivity contribution in [3.63, 3.8) is 0 Å². The summed E-state index contributed by atoms with van der Waals surface area (Å²) in [5.41, 5.74) is 7.74. The van der Waals surface area contributed by atoms with E-state index in [9.17, 15) is 9.90 Å². The van der Waals surface area contributed by atoms with Crippen molar-refractivity contribution in [1.82, 2.24) is 0 Å². The molecule has 0 aliphatic rings. The Bertz CT molecular complexity index is 432. The number of carboxylic acid groups (broad SMARTS) is 1. The third-order valence-corrected chi connectivity index (χ3v) is 3.54. The van der Waals surface area contributed by atoms with Crippen molar-refractivity contribution < 1.29 is 15.0 Å². The van der Waals surface area contributed by atoms with Gasteiger partial charge >= 0.3 is 5.97 Å². The van der Waals surface area contributed by atoms with E-state index in [2.05, 4.69) is 15.9 Å². The topological polar surface area (TPSA) is 83.6 Å². The number of halogens is 1. The summed E-state index contributed by atoms with van der Waals surface area (Å²) < 4.78 is 0.637. The molecule has 88 valence electrons. The van der Waals surface area contributed by atoms with Crippen molar-refractivity contribution in [2.75, 3.05) is 0 Å². The normalized spacial score (nSPS) is 12.5. The molecule has 1 unspecified atom stereocenters. The van der Waals surface area contributed by atoms with Gasteiger partial charge in [-0.3, -0.25) is 4.79 Å². The van der Waals surface area contributed by atoms with Gasteiger partial charge in [-0.1, -0.05) is 6.07 Å². The Morgan fingerprint density at radius 1 is 1.56 bits per heavy atom. The lowest BCUT2D eigenvalue weighted by molar-refractivity contribution is -0.138. The van der Waals surface area contributed by atoms with E-state index in [1.54, 1.807) is 6.92 Å². The van der Waals surface area contributed by atoms with Crippen LogP contribution in [0, 0.1) is 13.8 Å². The van der Waals surface area contributed by atoms with E-state index in [0.29, 0.717) is 10.0 Å². The molecule has 0 heterocycles. The smallest absolute Gasteiger partial charge is 0.320 e. The summed E-state index contributed by atoms with van der Waals surface area (Å²) in [6, 6.07) is 0.890. The highest BCUT2D eigenvalue weighted by molar-refractivity contribution is 9.10. The van der Waals surface area contributed by atoms with E-state index in [0.717, 1.165) is 11.1 Å². The first-order valence-corrected chi connectivity index (χ1v) is 5.59. The van der Waals surface area contributed by atoms with Crippen molar-refractivity contribution in [3.8, 4) is 5.75 Å². The molecule has 0 fully saturated rings. The number of aliphatic carboxylic acids is 1. The average Bonchev–Trinajstić information content (AvgIpc) is 2.22. The maximum atomic E-state index is 10.7. The number of aryl methyl sites for hydroxylation is 1. The molecule has 4 N–H and O–H groups in total. The zero-order valence-corrected chi connectivity index (χ0v) is 10.7. The minimum atomic E-state index is -1.04. The first-order chi connectivity index (χ1) is 7.34. The van der Waals surface area contributed by atoms with Crippen LogP contribution < -0.4 is 5.73 Å². The number of carboxylic acids is 1. The van der Waals surface area contributed by atoms with Gasteiger partial charge in [0.05, 0.1) is 4.47 Å². The van der Waals surface area contributed by atoms with Crippen LogP contribution in [0.4, 0.5) is 0 Å². The van der Waals surface area contributed by atoms with Crippen LogP contribution >= 0.6 is 15.9 Å². The predicted octanol–water partition coefficient (Wildman–Crippen LogP) is 1.73. The monoisotopic (exact) mass is 287 g/mol. The molecule has 4 nitrogen and oxygen atoms in total. The number of aromatic hydroxyl groups is 1.